The van der Waals surface area contributed by atoms with Crippen molar-refractivity contribution in [3.63, 3.8) is 0 Å². The number of hydrogen-bond acceptors (Lipinski definition) is 4. The lowest BCUT2D eigenvalue weighted by Crippen LogP contribution is -2.39. The molecule has 5 nitrogen and oxygen atoms in total. The first kappa shape index (κ1) is 15.1. The summed E-state index contributed by atoms with van der Waals surface area (Å²) >= 11 is 0. The first-order valence-electron chi connectivity index (χ1n) is 7.25. The third kappa shape index (κ3) is 3.61. The van der Waals surface area contributed by atoms with Gasteiger partial charge in [-0.05, 0) is 18.3 Å². The number of nitrogens with zero attached hydrogens (tertiary/aromatic N) is 2. The predicted octanol–water partition coefficient (Wildman–Crippen LogP) is 1.02. The molecule has 1 fully saturated rings. The summed E-state index contributed by atoms with van der Waals surface area (Å²) in [6.07, 6.45) is 2.67. The highest BCUT2D eigenvalue weighted by atomic mass is 16.3. The number of aliphatic hydroxyl groups is 1. The molecule has 5 heteroatoms. The van der Waals surface area contributed by atoms with Gasteiger partial charge in [-0.25, -0.2) is 0 Å². The molecule has 0 aromatic carbocycles. The molecule has 0 radical (unpaired) electrons. The molecule has 0 aliphatic carbocycles. The molecule has 2 N–H and O–H groups in total. The number of piperidine rings is 1. The summed E-state index contributed by atoms with van der Waals surface area (Å²) < 4.78 is 1.76. The molecule has 1 aliphatic rings. The predicted molar refractivity (Wildman–Crippen MR) is 77.7 cm³/mol. The Morgan fingerprint density at radius 2 is 1.95 bits per heavy atom. The molecule has 1 aromatic rings. The Hall–Kier alpha value is -1.33. The van der Waals surface area contributed by atoms with Crippen LogP contribution in [0.15, 0.2) is 17.1 Å². The molecule has 20 heavy (non-hydrogen) atoms. The highest BCUT2D eigenvalue weighted by Crippen LogP contribution is 2.22. The Morgan fingerprint density at radius 1 is 1.30 bits per heavy atom. The van der Waals surface area contributed by atoms with Gasteiger partial charge in [-0.3, -0.25) is 9.69 Å². The lowest BCUT2D eigenvalue weighted by atomic mass is 9.92. The summed E-state index contributed by atoms with van der Waals surface area (Å²) in [5, 5.41) is 18.6. The molecule has 2 unspecified atom stereocenters. The van der Waals surface area contributed by atoms with Crippen molar-refractivity contribution in [2.45, 2.75) is 33.4 Å². The zero-order chi connectivity index (χ0) is 14.7. The van der Waals surface area contributed by atoms with Gasteiger partial charge in [-0.2, -0.15) is 0 Å². The van der Waals surface area contributed by atoms with Crippen LogP contribution in [0.3, 0.4) is 0 Å². The highest BCUT2D eigenvalue weighted by Gasteiger charge is 2.22. The number of likely N-dealkylation sites (tertiary alicyclic amines) is 1. The van der Waals surface area contributed by atoms with Gasteiger partial charge in [0.1, 0.15) is 0 Å². The first-order valence-corrected chi connectivity index (χ1v) is 7.25. The Labute approximate surface area is 119 Å². The molecule has 1 saturated heterocycles. The smallest absolute Gasteiger partial charge is 0.223 e. The van der Waals surface area contributed by atoms with Crippen LogP contribution >= 0.6 is 0 Å². The number of aliphatic hydroxyl groups excluding tert-OH is 1. The largest absolute Gasteiger partial charge is 0.503 e. The number of hydrogen-bond donors (Lipinski definition) is 2. The minimum Gasteiger partial charge on any atom is -0.503 e. The van der Waals surface area contributed by atoms with E-state index in [-0.39, 0.29) is 17.8 Å². The molecule has 0 saturated carbocycles. The standard InChI is InChI=1S/C15H24N2O3/c1-11-5-12(2)8-16(7-11)9-13-6-14(19)15(20)10-17(13)3-4-18/h6,10-12,18,20H,3-5,7-9H2,1-2H3. The maximum atomic E-state index is 11.6. The Bertz CT molecular complexity index is 502. The quantitative estimate of drug-likeness (QED) is 0.864. The topological polar surface area (TPSA) is 65.7 Å². The van der Waals surface area contributed by atoms with Crippen molar-refractivity contribution in [1.82, 2.24) is 9.47 Å². The lowest BCUT2D eigenvalue weighted by Gasteiger charge is -2.35. The zero-order valence-electron chi connectivity index (χ0n) is 12.2. The van der Waals surface area contributed by atoms with Crippen LogP contribution in [-0.4, -0.2) is 39.4 Å². The second kappa shape index (κ2) is 6.41. The average molecular weight is 280 g/mol. The van der Waals surface area contributed by atoms with Crippen molar-refractivity contribution in [2.24, 2.45) is 11.8 Å². The second-order valence-electron chi connectivity index (χ2n) is 6.07. The maximum Gasteiger partial charge on any atom is 0.223 e. The minimum atomic E-state index is -0.354. The molecule has 0 spiro atoms. The monoisotopic (exact) mass is 280 g/mol. The van der Waals surface area contributed by atoms with E-state index in [9.17, 15) is 9.90 Å². The summed E-state index contributed by atoms with van der Waals surface area (Å²) in [5.41, 5.74) is 0.496. The van der Waals surface area contributed by atoms with Gasteiger partial charge in [-0.1, -0.05) is 13.8 Å². The Morgan fingerprint density at radius 3 is 2.55 bits per heavy atom. The molecule has 2 rings (SSSR count). The fraction of sp³-hybridized carbons (Fsp3) is 0.667. The summed E-state index contributed by atoms with van der Waals surface area (Å²) in [6, 6.07) is 1.48. The Balaban J connectivity index is 2.19. The summed E-state index contributed by atoms with van der Waals surface area (Å²) in [7, 11) is 0. The van der Waals surface area contributed by atoms with Crippen LogP contribution < -0.4 is 5.43 Å². The van der Waals surface area contributed by atoms with Crippen LogP contribution in [0.1, 0.15) is 26.0 Å². The van der Waals surface area contributed by atoms with Crippen molar-refractivity contribution >= 4 is 0 Å². The van der Waals surface area contributed by atoms with E-state index >= 15 is 0 Å². The molecular weight excluding hydrogens is 256 g/mol. The number of aromatic nitrogens is 1. The van der Waals surface area contributed by atoms with E-state index < -0.39 is 0 Å². The molecule has 1 aliphatic heterocycles. The van der Waals surface area contributed by atoms with Crippen molar-refractivity contribution < 1.29 is 10.2 Å². The molecule has 0 amide bonds. The van der Waals surface area contributed by atoms with Crippen molar-refractivity contribution in [1.29, 1.82) is 0 Å². The lowest BCUT2D eigenvalue weighted by molar-refractivity contribution is 0.130. The van der Waals surface area contributed by atoms with E-state index in [0.717, 1.165) is 18.8 Å². The number of pyridine rings is 1. The van der Waals surface area contributed by atoms with Crippen LogP contribution in [0.2, 0.25) is 0 Å². The minimum absolute atomic E-state index is 0.0118. The van der Waals surface area contributed by atoms with Gasteiger partial charge in [0.25, 0.3) is 0 Å². The zero-order valence-corrected chi connectivity index (χ0v) is 12.2. The molecule has 2 heterocycles. The van der Waals surface area contributed by atoms with E-state index in [1.165, 1.54) is 18.7 Å². The number of aromatic hydroxyl groups is 1. The van der Waals surface area contributed by atoms with Crippen LogP contribution in [0, 0.1) is 11.8 Å². The van der Waals surface area contributed by atoms with Gasteiger partial charge in [0.05, 0.1) is 12.8 Å². The van der Waals surface area contributed by atoms with Crippen LogP contribution in [0.5, 0.6) is 5.75 Å². The molecule has 1 aromatic heterocycles. The van der Waals surface area contributed by atoms with Crippen molar-refractivity contribution in [3.05, 3.63) is 28.2 Å². The second-order valence-corrected chi connectivity index (χ2v) is 6.07. The summed E-state index contributed by atoms with van der Waals surface area (Å²) in [6.45, 7) is 7.62. The molecule has 0 bridgehead atoms. The molecule has 112 valence electrons. The first-order chi connectivity index (χ1) is 9.49. The van der Waals surface area contributed by atoms with E-state index in [1.807, 2.05) is 0 Å². The molecule has 2 atom stereocenters. The van der Waals surface area contributed by atoms with E-state index in [1.54, 1.807) is 4.57 Å². The van der Waals surface area contributed by atoms with E-state index in [2.05, 4.69) is 18.7 Å². The van der Waals surface area contributed by atoms with Crippen molar-refractivity contribution in [2.75, 3.05) is 19.7 Å². The summed E-state index contributed by atoms with van der Waals surface area (Å²) in [4.78, 5) is 14.0. The maximum absolute atomic E-state index is 11.6. The number of rotatable bonds is 4. The van der Waals surface area contributed by atoms with Gasteiger partial charge < -0.3 is 14.8 Å². The third-order valence-corrected chi connectivity index (χ3v) is 3.87. The fourth-order valence-electron chi connectivity index (χ4n) is 3.20. The van der Waals surface area contributed by atoms with E-state index in [0.29, 0.717) is 24.9 Å². The fourth-order valence-corrected chi connectivity index (χ4v) is 3.20. The van der Waals surface area contributed by atoms with Crippen molar-refractivity contribution in [3.8, 4) is 5.75 Å². The van der Waals surface area contributed by atoms with Gasteiger partial charge in [-0.15, -0.1) is 0 Å². The summed E-state index contributed by atoms with van der Waals surface area (Å²) in [5.74, 6) is 1.06. The van der Waals surface area contributed by atoms with Crippen LogP contribution in [0.25, 0.3) is 0 Å². The van der Waals surface area contributed by atoms with E-state index in [4.69, 9.17) is 5.11 Å². The highest BCUT2D eigenvalue weighted by molar-refractivity contribution is 5.20. The van der Waals surface area contributed by atoms with Crippen LogP contribution in [0.4, 0.5) is 0 Å². The molecular formula is C15H24N2O3. The van der Waals surface area contributed by atoms with Gasteiger partial charge in [0.2, 0.25) is 5.43 Å². The third-order valence-electron chi connectivity index (χ3n) is 3.87. The van der Waals surface area contributed by atoms with Gasteiger partial charge in [0.15, 0.2) is 5.75 Å². The van der Waals surface area contributed by atoms with Gasteiger partial charge in [0, 0.05) is 37.9 Å². The SMILES string of the molecule is CC1CC(C)CN(Cc2cc(=O)c(O)cn2CCO)C1. The normalized spacial score (nSPS) is 23.9. The average Bonchev–Trinajstić information content (AvgIpc) is 2.34. The van der Waals surface area contributed by atoms with Gasteiger partial charge >= 0.3 is 0 Å². The van der Waals surface area contributed by atoms with Crippen LogP contribution in [-0.2, 0) is 13.1 Å². The Kier molecular flexibility index (Phi) is 4.83.